The summed E-state index contributed by atoms with van der Waals surface area (Å²) in [6.07, 6.45) is 0. The molecule has 5 heteroatoms. The van der Waals surface area contributed by atoms with E-state index < -0.39 is 0 Å². The zero-order valence-corrected chi connectivity index (χ0v) is 16.8. The van der Waals surface area contributed by atoms with Gasteiger partial charge in [0.15, 0.2) is 5.76 Å². The molecule has 0 bridgehead atoms. The number of furan rings is 1. The molecule has 2 aromatic carbocycles. The van der Waals surface area contributed by atoms with Crippen LogP contribution in [0, 0.1) is 6.92 Å². The standard InChI is InChI=1S/C22H21ClN2OS/c1-16-5-7-17(8-6-16)20-9-10-21(26-20)22(27)25-13-11-24(12-14-25)19-4-2-3-18(23)15-19/h2-10,15H,11-14H2,1H3. The highest BCUT2D eigenvalue weighted by molar-refractivity contribution is 7.80. The number of thiocarbonyl (C=S) groups is 1. The number of benzene rings is 2. The minimum Gasteiger partial charge on any atom is -0.454 e. The maximum Gasteiger partial charge on any atom is 0.162 e. The lowest BCUT2D eigenvalue weighted by Gasteiger charge is -2.37. The van der Waals surface area contributed by atoms with Gasteiger partial charge in [0.05, 0.1) is 0 Å². The first kappa shape index (κ1) is 18.1. The molecule has 1 fully saturated rings. The number of rotatable bonds is 3. The molecule has 0 saturated carbocycles. The Balaban J connectivity index is 1.42. The summed E-state index contributed by atoms with van der Waals surface area (Å²) in [5, 5.41) is 0.768. The minimum absolute atomic E-state index is 0.761. The normalized spacial score (nSPS) is 14.4. The topological polar surface area (TPSA) is 19.6 Å². The fourth-order valence-corrected chi connectivity index (χ4v) is 3.80. The van der Waals surface area contributed by atoms with Crippen molar-refractivity contribution in [2.24, 2.45) is 0 Å². The average molecular weight is 397 g/mol. The highest BCUT2D eigenvalue weighted by Gasteiger charge is 2.22. The van der Waals surface area contributed by atoms with Gasteiger partial charge in [-0.2, -0.15) is 0 Å². The van der Waals surface area contributed by atoms with Gasteiger partial charge < -0.3 is 14.2 Å². The summed E-state index contributed by atoms with van der Waals surface area (Å²) in [6.45, 7) is 5.63. The number of piperazine rings is 1. The first-order valence-electron chi connectivity index (χ1n) is 9.07. The third-order valence-electron chi connectivity index (χ3n) is 4.89. The number of anilines is 1. The highest BCUT2D eigenvalue weighted by atomic mass is 35.5. The number of nitrogens with zero attached hydrogens (tertiary/aromatic N) is 2. The number of hydrogen-bond acceptors (Lipinski definition) is 3. The smallest absolute Gasteiger partial charge is 0.162 e. The largest absolute Gasteiger partial charge is 0.454 e. The molecule has 2 heterocycles. The molecule has 0 aliphatic carbocycles. The molecule has 1 aliphatic rings. The van der Waals surface area contributed by atoms with Crippen LogP contribution < -0.4 is 4.90 Å². The molecule has 1 aromatic heterocycles. The predicted octanol–water partition coefficient (Wildman–Crippen LogP) is 5.41. The van der Waals surface area contributed by atoms with Crippen molar-refractivity contribution < 1.29 is 4.42 Å². The van der Waals surface area contributed by atoms with Crippen molar-refractivity contribution >= 4 is 34.5 Å². The van der Waals surface area contributed by atoms with Crippen LogP contribution in [0.5, 0.6) is 0 Å². The first-order valence-corrected chi connectivity index (χ1v) is 9.85. The van der Waals surface area contributed by atoms with Crippen LogP contribution in [-0.2, 0) is 0 Å². The molecule has 4 rings (SSSR count). The van der Waals surface area contributed by atoms with Crippen molar-refractivity contribution in [1.29, 1.82) is 0 Å². The molecule has 0 spiro atoms. The van der Waals surface area contributed by atoms with Gasteiger partial charge in [0, 0.05) is 42.5 Å². The lowest BCUT2D eigenvalue weighted by Crippen LogP contribution is -2.48. The average Bonchev–Trinajstić information content (AvgIpc) is 3.18. The van der Waals surface area contributed by atoms with Gasteiger partial charge in [-0.05, 0) is 37.3 Å². The summed E-state index contributed by atoms with van der Waals surface area (Å²) in [5.41, 5.74) is 3.46. The molecule has 27 heavy (non-hydrogen) atoms. The minimum atomic E-state index is 0.761. The predicted molar refractivity (Wildman–Crippen MR) is 116 cm³/mol. The molecule has 1 aliphatic heterocycles. The Bertz CT molecular complexity index is 943. The van der Waals surface area contributed by atoms with Gasteiger partial charge in [0.1, 0.15) is 10.7 Å². The number of aryl methyl sites for hydroxylation is 1. The van der Waals surface area contributed by atoms with Crippen molar-refractivity contribution in [3.05, 3.63) is 77.0 Å². The van der Waals surface area contributed by atoms with Gasteiger partial charge >= 0.3 is 0 Å². The molecule has 0 amide bonds. The van der Waals surface area contributed by atoms with Gasteiger partial charge in [-0.3, -0.25) is 0 Å². The molecule has 3 aromatic rings. The summed E-state index contributed by atoms with van der Waals surface area (Å²) in [4.78, 5) is 5.33. The van der Waals surface area contributed by atoms with Crippen molar-refractivity contribution in [3.63, 3.8) is 0 Å². The molecule has 0 N–H and O–H groups in total. The number of hydrogen-bond donors (Lipinski definition) is 0. The van der Waals surface area contributed by atoms with Crippen LogP contribution in [0.15, 0.2) is 65.1 Å². The van der Waals surface area contributed by atoms with Crippen molar-refractivity contribution in [3.8, 4) is 11.3 Å². The van der Waals surface area contributed by atoms with Crippen LogP contribution in [0.4, 0.5) is 5.69 Å². The van der Waals surface area contributed by atoms with E-state index in [9.17, 15) is 0 Å². The summed E-state index contributed by atoms with van der Waals surface area (Å²) in [7, 11) is 0. The van der Waals surface area contributed by atoms with E-state index in [4.69, 9.17) is 28.2 Å². The van der Waals surface area contributed by atoms with E-state index >= 15 is 0 Å². The van der Waals surface area contributed by atoms with Crippen molar-refractivity contribution in [2.45, 2.75) is 6.92 Å². The van der Waals surface area contributed by atoms with Crippen LogP contribution in [0.1, 0.15) is 11.3 Å². The molecular formula is C22H21ClN2OS. The fraction of sp³-hybridized carbons (Fsp3) is 0.227. The van der Waals surface area contributed by atoms with E-state index in [1.807, 2.05) is 30.3 Å². The van der Waals surface area contributed by atoms with Gasteiger partial charge in [-0.15, -0.1) is 0 Å². The van der Waals surface area contributed by atoms with Gasteiger partial charge in [0.2, 0.25) is 0 Å². The maximum absolute atomic E-state index is 6.11. The first-order chi connectivity index (χ1) is 13.1. The summed E-state index contributed by atoms with van der Waals surface area (Å²) >= 11 is 11.8. The summed E-state index contributed by atoms with van der Waals surface area (Å²) < 4.78 is 6.04. The molecule has 0 unspecified atom stereocenters. The Morgan fingerprint density at radius 3 is 2.41 bits per heavy atom. The quantitative estimate of drug-likeness (QED) is 0.551. The van der Waals surface area contributed by atoms with E-state index in [2.05, 4.69) is 47.1 Å². The third kappa shape index (κ3) is 4.02. The zero-order chi connectivity index (χ0) is 18.8. The van der Waals surface area contributed by atoms with Gasteiger partial charge in [-0.25, -0.2) is 0 Å². The fourth-order valence-electron chi connectivity index (χ4n) is 3.32. The van der Waals surface area contributed by atoms with Gasteiger partial charge in [-0.1, -0.05) is 59.7 Å². The summed E-state index contributed by atoms with van der Waals surface area (Å²) in [5.74, 6) is 1.61. The molecule has 138 valence electrons. The van der Waals surface area contributed by atoms with E-state index in [0.717, 1.165) is 59.0 Å². The van der Waals surface area contributed by atoms with Crippen LogP contribution >= 0.6 is 23.8 Å². The summed E-state index contributed by atoms with van der Waals surface area (Å²) in [6, 6.07) is 20.3. The molecule has 1 saturated heterocycles. The SMILES string of the molecule is Cc1ccc(-c2ccc(C(=S)N3CCN(c4cccc(Cl)c4)CC3)o2)cc1. The van der Waals surface area contributed by atoms with E-state index in [1.54, 1.807) is 0 Å². The van der Waals surface area contributed by atoms with Crippen LogP contribution in [0.3, 0.4) is 0 Å². The Labute approximate surface area is 170 Å². The van der Waals surface area contributed by atoms with Gasteiger partial charge in [0.25, 0.3) is 0 Å². The zero-order valence-electron chi connectivity index (χ0n) is 15.2. The third-order valence-corrected chi connectivity index (χ3v) is 5.59. The molecular weight excluding hydrogens is 376 g/mol. The number of halogens is 1. The monoisotopic (exact) mass is 396 g/mol. The Kier molecular flexibility index (Phi) is 5.19. The second kappa shape index (κ2) is 7.75. The van der Waals surface area contributed by atoms with Crippen LogP contribution in [0.2, 0.25) is 5.02 Å². The van der Waals surface area contributed by atoms with E-state index in [1.165, 1.54) is 5.56 Å². The molecule has 0 radical (unpaired) electrons. The van der Waals surface area contributed by atoms with Crippen LogP contribution in [0.25, 0.3) is 11.3 Å². The van der Waals surface area contributed by atoms with Crippen molar-refractivity contribution in [1.82, 2.24) is 4.90 Å². The Hall–Kier alpha value is -2.30. The highest BCUT2D eigenvalue weighted by Crippen LogP contribution is 2.25. The molecule has 3 nitrogen and oxygen atoms in total. The second-order valence-corrected chi connectivity index (χ2v) is 7.61. The van der Waals surface area contributed by atoms with Crippen LogP contribution in [-0.4, -0.2) is 36.1 Å². The Morgan fingerprint density at radius 2 is 1.70 bits per heavy atom. The second-order valence-electron chi connectivity index (χ2n) is 6.79. The lowest BCUT2D eigenvalue weighted by molar-refractivity contribution is 0.385. The maximum atomic E-state index is 6.11. The van der Waals surface area contributed by atoms with E-state index in [0.29, 0.717) is 0 Å². The Morgan fingerprint density at radius 1 is 0.963 bits per heavy atom. The van der Waals surface area contributed by atoms with Crippen molar-refractivity contribution in [2.75, 3.05) is 31.1 Å². The van der Waals surface area contributed by atoms with E-state index in [-0.39, 0.29) is 0 Å². The lowest BCUT2D eigenvalue weighted by atomic mass is 10.1. The molecule has 0 atom stereocenters.